The van der Waals surface area contributed by atoms with Crippen LogP contribution in [0.25, 0.3) is 0 Å². The Morgan fingerprint density at radius 1 is 1.09 bits per heavy atom. The first-order valence-electron chi connectivity index (χ1n) is 7.33. The van der Waals surface area contributed by atoms with Crippen molar-refractivity contribution >= 4 is 21.6 Å². The topological polar surface area (TPSA) is 57.7 Å². The van der Waals surface area contributed by atoms with E-state index in [2.05, 4.69) is 0 Å². The minimum absolute atomic E-state index is 0.126. The molecule has 3 rings (SSSR count). The van der Waals surface area contributed by atoms with Crippen LogP contribution in [0.3, 0.4) is 0 Å². The first-order chi connectivity index (χ1) is 10.9. The fourth-order valence-electron chi connectivity index (χ4n) is 2.71. The Morgan fingerprint density at radius 2 is 1.83 bits per heavy atom. The summed E-state index contributed by atoms with van der Waals surface area (Å²) in [5, 5.41) is 0. The van der Waals surface area contributed by atoms with Crippen LogP contribution < -0.4 is 4.90 Å². The van der Waals surface area contributed by atoms with Crippen molar-refractivity contribution in [3.63, 3.8) is 0 Å². The van der Waals surface area contributed by atoms with Gasteiger partial charge in [-0.15, -0.1) is 0 Å². The highest BCUT2D eigenvalue weighted by Gasteiger charge is 2.26. The number of nitrogens with zero attached hydrogens (tertiary/aromatic N) is 2. The van der Waals surface area contributed by atoms with Crippen LogP contribution in [0.4, 0.5) is 5.69 Å². The summed E-state index contributed by atoms with van der Waals surface area (Å²) >= 11 is 0. The Kier molecular flexibility index (Phi) is 3.95. The fourth-order valence-corrected chi connectivity index (χ4v) is 3.65. The molecule has 0 saturated heterocycles. The number of sulfonamides is 1. The van der Waals surface area contributed by atoms with Crippen molar-refractivity contribution in [3.8, 4) is 0 Å². The van der Waals surface area contributed by atoms with E-state index >= 15 is 0 Å². The normalized spacial score (nSPS) is 14.1. The zero-order valence-electron chi connectivity index (χ0n) is 13.1. The Hall–Kier alpha value is -2.18. The molecular weight excluding hydrogens is 312 g/mol. The second-order valence-electron chi connectivity index (χ2n) is 5.65. The predicted molar refractivity (Wildman–Crippen MR) is 89.1 cm³/mol. The number of hydrogen-bond acceptors (Lipinski definition) is 3. The first-order valence-corrected chi connectivity index (χ1v) is 8.77. The van der Waals surface area contributed by atoms with Gasteiger partial charge in [0.15, 0.2) is 0 Å². The number of para-hydroxylation sites is 1. The molecule has 0 fully saturated rings. The van der Waals surface area contributed by atoms with E-state index in [-0.39, 0.29) is 10.8 Å². The highest BCUT2D eigenvalue weighted by atomic mass is 32.2. The highest BCUT2D eigenvalue weighted by molar-refractivity contribution is 7.89. The van der Waals surface area contributed by atoms with Gasteiger partial charge in [0.05, 0.1) is 4.90 Å². The maximum atomic E-state index is 12.8. The number of carbonyl (C=O) groups excluding carboxylic acids is 1. The lowest BCUT2D eigenvalue weighted by Gasteiger charge is -2.18. The van der Waals surface area contributed by atoms with Gasteiger partial charge in [-0.1, -0.05) is 24.3 Å². The average Bonchev–Trinajstić information content (AvgIpc) is 2.98. The van der Waals surface area contributed by atoms with Gasteiger partial charge in [0, 0.05) is 31.9 Å². The molecule has 120 valence electrons. The van der Waals surface area contributed by atoms with Crippen LogP contribution in [-0.2, 0) is 16.4 Å². The molecule has 1 aliphatic heterocycles. The van der Waals surface area contributed by atoms with E-state index in [0.717, 1.165) is 22.0 Å². The van der Waals surface area contributed by atoms with Crippen molar-refractivity contribution in [2.45, 2.75) is 11.3 Å². The zero-order valence-corrected chi connectivity index (χ0v) is 13.9. The number of benzene rings is 2. The quantitative estimate of drug-likeness (QED) is 0.866. The molecule has 5 nitrogen and oxygen atoms in total. The zero-order chi connectivity index (χ0) is 16.6. The third kappa shape index (κ3) is 2.75. The minimum Gasteiger partial charge on any atom is -0.308 e. The summed E-state index contributed by atoms with van der Waals surface area (Å²) in [4.78, 5) is 14.6. The summed E-state index contributed by atoms with van der Waals surface area (Å²) in [6.45, 7) is 0.614. The van der Waals surface area contributed by atoms with Crippen LogP contribution in [-0.4, -0.2) is 39.3 Å². The molecule has 1 aliphatic rings. The molecule has 0 saturated carbocycles. The number of rotatable bonds is 3. The van der Waals surface area contributed by atoms with Crippen molar-refractivity contribution < 1.29 is 13.2 Å². The molecule has 0 unspecified atom stereocenters. The van der Waals surface area contributed by atoms with Gasteiger partial charge in [-0.05, 0) is 36.2 Å². The van der Waals surface area contributed by atoms with Gasteiger partial charge >= 0.3 is 0 Å². The van der Waals surface area contributed by atoms with Crippen LogP contribution >= 0.6 is 0 Å². The molecule has 0 radical (unpaired) electrons. The van der Waals surface area contributed by atoms with Crippen LogP contribution in [0.15, 0.2) is 53.4 Å². The highest BCUT2D eigenvalue weighted by Crippen LogP contribution is 2.29. The Bertz CT molecular complexity index is 860. The lowest BCUT2D eigenvalue weighted by Crippen LogP contribution is -2.29. The van der Waals surface area contributed by atoms with Gasteiger partial charge in [0.25, 0.3) is 5.91 Å². The van der Waals surface area contributed by atoms with Crippen molar-refractivity contribution in [1.29, 1.82) is 0 Å². The first kappa shape index (κ1) is 15.7. The van der Waals surface area contributed by atoms with Gasteiger partial charge in [-0.25, -0.2) is 12.7 Å². The van der Waals surface area contributed by atoms with E-state index in [0.29, 0.717) is 12.1 Å². The number of fused-ring (bicyclic) bond motifs is 1. The van der Waals surface area contributed by atoms with Gasteiger partial charge in [0.1, 0.15) is 0 Å². The molecule has 0 bridgehead atoms. The van der Waals surface area contributed by atoms with E-state index in [1.54, 1.807) is 17.0 Å². The molecule has 2 aromatic rings. The minimum atomic E-state index is -3.55. The van der Waals surface area contributed by atoms with E-state index < -0.39 is 10.0 Å². The molecule has 2 aromatic carbocycles. The number of anilines is 1. The molecular formula is C17H18N2O3S. The number of amides is 1. The van der Waals surface area contributed by atoms with Gasteiger partial charge in [-0.3, -0.25) is 4.79 Å². The van der Waals surface area contributed by atoms with Crippen LogP contribution in [0.5, 0.6) is 0 Å². The Labute approximate surface area is 136 Å². The molecule has 0 atom stereocenters. The summed E-state index contributed by atoms with van der Waals surface area (Å²) in [7, 11) is -0.609. The third-order valence-electron chi connectivity index (χ3n) is 3.99. The molecule has 23 heavy (non-hydrogen) atoms. The second-order valence-corrected chi connectivity index (χ2v) is 7.80. The van der Waals surface area contributed by atoms with Crippen LogP contribution in [0.1, 0.15) is 15.9 Å². The smallest absolute Gasteiger partial charge is 0.258 e. The Morgan fingerprint density at radius 3 is 2.57 bits per heavy atom. The van der Waals surface area contributed by atoms with Crippen LogP contribution in [0.2, 0.25) is 0 Å². The molecule has 1 heterocycles. The predicted octanol–water partition coefficient (Wildman–Crippen LogP) is 2.14. The summed E-state index contributed by atoms with van der Waals surface area (Å²) in [6, 6.07) is 14.0. The summed E-state index contributed by atoms with van der Waals surface area (Å²) < 4.78 is 25.6. The van der Waals surface area contributed by atoms with E-state index in [9.17, 15) is 13.2 Å². The van der Waals surface area contributed by atoms with Gasteiger partial charge < -0.3 is 4.90 Å². The van der Waals surface area contributed by atoms with Crippen molar-refractivity contribution in [2.75, 3.05) is 25.5 Å². The third-order valence-corrected chi connectivity index (χ3v) is 5.80. The SMILES string of the molecule is CN(C)S(=O)(=O)c1cccc(C(=O)N2CCc3ccccc32)c1. The fraction of sp³-hybridized carbons (Fsp3) is 0.235. The van der Waals surface area contributed by atoms with Crippen molar-refractivity contribution in [2.24, 2.45) is 0 Å². The molecule has 6 heteroatoms. The van der Waals surface area contributed by atoms with Crippen LogP contribution in [0, 0.1) is 0 Å². The van der Waals surface area contributed by atoms with Gasteiger partial charge in [-0.2, -0.15) is 0 Å². The van der Waals surface area contributed by atoms with Crippen molar-refractivity contribution in [3.05, 3.63) is 59.7 Å². The van der Waals surface area contributed by atoms with Crippen molar-refractivity contribution in [1.82, 2.24) is 4.31 Å². The standard InChI is InChI=1S/C17H18N2O3S/c1-18(2)23(21,22)15-8-5-7-14(12-15)17(20)19-11-10-13-6-3-4-9-16(13)19/h3-9,12H,10-11H2,1-2H3. The van der Waals surface area contributed by atoms with E-state index in [1.165, 1.54) is 26.2 Å². The molecule has 0 N–H and O–H groups in total. The average molecular weight is 330 g/mol. The molecule has 1 amide bonds. The monoisotopic (exact) mass is 330 g/mol. The molecule has 0 spiro atoms. The second kappa shape index (κ2) is 5.79. The summed E-state index contributed by atoms with van der Waals surface area (Å²) in [5.74, 6) is -0.175. The van der Waals surface area contributed by atoms with E-state index in [1.807, 2.05) is 24.3 Å². The maximum absolute atomic E-state index is 12.8. The molecule has 0 aromatic heterocycles. The summed E-state index contributed by atoms with van der Waals surface area (Å²) in [5.41, 5.74) is 2.42. The maximum Gasteiger partial charge on any atom is 0.258 e. The lowest BCUT2D eigenvalue weighted by molar-refractivity contribution is 0.0989. The van der Waals surface area contributed by atoms with Gasteiger partial charge in [0.2, 0.25) is 10.0 Å². The number of hydrogen-bond donors (Lipinski definition) is 0. The van der Waals surface area contributed by atoms with E-state index in [4.69, 9.17) is 0 Å². The summed E-state index contributed by atoms with van der Waals surface area (Å²) in [6.07, 6.45) is 0.817. The number of carbonyl (C=O) groups is 1. The lowest BCUT2D eigenvalue weighted by atomic mass is 10.1. The Balaban J connectivity index is 1.96. The molecule has 0 aliphatic carbocycles. The largest absolute Gasteiger partial charge is 0.308 e.